The third kappa shape index (κ3) is 4.71. The molecule has 0 radical (unpaired) electrons. The number of amides is 2. The van der Waals surface area contributed by atoms with Gasteiger partial charge in [0.2, 0.25) is 5.91 Å². The molecule has 0 saturated carbocycles. The maximum Gasteiger partial charge on any atom is 0.408 e. The van der Waals surface area contributed by atoms with Crippen molar-refractivity contribution in [1.82, 2.24) is 5.32 Å². The Bertz CT molecular complexity index is 651. The fourth-order valence-electron chi connectivity index (χ4n) is 2.56. The molecule has 1 heterocycles. The van der Waals surface area contributed by atoms with Gasteiger partial charge < -0.3 is 20.5 Å². The number of carboxylic acid groups (broad SMARTS) is 1. The molecule has 7 nitrogen and oxygen atoms in total. The van der Waals surface area contributed by atoms with Gasteiger partial charge in [0.25, 0.3) is 0 Å². The molecule has 0 saturated heterocycles. The van der Waals surface area contributed by atoms with Crippen LogP contribution in [-0.4, -0.2) is 34.7 Å². The summed E-state index contributed by atoms with van der Waals surface area (Å²) in [5.74, 6) is -1.98. The van der Waals surface area contributed by atoms with Crippen LogP contribution >= 0.6 is 0 Å². The molecule has 0 aromatic heterocycles. The number of aliphatic carboxylic acids is 1. The van der Waals surface area contributed by atoms with Crippen LogP contribution in [0.4, 0.5) is 10.5 Å². The molecular formula is C17H22N2O5. The Balaban J connectivity index is 2.04. The van der Waals surface area contributed by atoms with Gasteiger partial charge in [-0.3, -0.25) is 4.79 Å². The monoisotopic (exact) mass is 334 g/mol. The number of hydrogen-bond acceptors (Lipinski definition) is 4. The van der Waals surface area contributed by atoms with Crippen LogP contribution in [0.2, 0.25) is 0 Å². The van der Waals surface area contributed by atoms with Gasteiger partial charge in [0.1, 0.15) is 11.6 Å². The van der Waals surface area contributed by atoms with Gasteiger partial charge in [-0.25, -0.2) is 9.59 Å². The number of anilines is 1. The maximum atomic E-state index is 12.2. The molecule has 0 spiro atoms. The molecule has 1 aromatic rings. The first-order valence-electron chi connectivity index (χ1n) is 7.77. The zero-order valence-corrected chi connectivity index (χ0v) is 14.0. The minimum Gasteiger partial charge on any atom is -0.480 e. The molecule has 24 heavy (non-hydrogen) atoms. The number of nitrogens with one attached hydrogen (secondary N) is 2. The Morgan fingerprint density at radius 2 is 2.04 bits per heavy atom. The van der Waals surface area contributed by atoms with E-state index in [2.05, 4.69) is 10.6 Å². The van der Waals surface area contributed by atoms with E-state index < -0.39 is 29.6 Å². The third-order valence-electron chi connectivity index (χ3n) is 3.62. The Morgan fingerprint density at radius 1 is 1.38 bits per heavy atom. The second kappa shape index (κ2) is 6.90. The van der Waals surface area contributed by atoms with E-state index in [0.717, 1.165) is 11.3 Å². The molecular weight excluding hydrogens is 312 g/mol. The summed E-state index contributed by atoms with van der Waals surface area (Å²) < 4.78 is 5.08. The van der Waals surface area contributed by atoms with Crippen LogP contribution < -0.4 is 10.6 Å². The number of fused-ring (bicyclic) bond motifs is 1. The van der Waals surface area contributed by atoms with Crippen LogP contribution in [0.5, 0.6) is 0 Å². The zero-order chi connectivity index (χ0) is 17.9. The molecule has 1 aliphatic rings. The maximum absolute atomic E-state index is 12.2. The first-order valence-corrected chi connectivity index (χ1v) is 7.77. The van der Waals surface area contributed by atoms with Crippen LogP contribution in [0.1, 0.15) is 32.8 Å². The fraction of sp³-hybridized carbons (Fsp3) is 0.471. The quantitative estimate of drug-likeness (QED) is 0.782. The second-order valence-corrected chi connectivity index (χ2v) is 6.82. The van der Waals surface area contributed by atoms with Gasteiger partial charge in [0.05, 0.1) is 0 Å². The smallest absolute Gasteiger partial charge is 0.408 e. The summed E-state index contributed by atoms with van der Waals surface area (Å²) in [6, 6.07) is 6.18. The average Bonchev–Trinajstić information content (AvgIpc) is 2.45. The Labute approximate surface area is 140 Å². The van der Waals surface area contributed by atoms with E-state index in [1.807, 2.05) is 18.2 Å². The van der Waals surface area contributed by atoms with Crippen LogP contribution in [0.25, 0.3) is 0 Å². The normalized spacial score (nSPS) is 18.1. The molecule has 1 aliphatic heterocycles. The number of para-hydroxylation sites is 1. The number of carbonyl (C=O) groups excluding carboxylic acids is 2. The van der Waals surface area contributed by atoms with Gasteiger partial charge in [-0.2, -0.15) is 0 Å². The molecule has 0 aliphatic carbocycles. The van der Waals surface area contributed by atoms with Gasteiger partial charge in [0.15, 0.2) is 0 Å². The van der Waals surface area contributed by atoms with Crippen molar-refractivity contribution in [2.75, 3.05) is 5.32 Å². The molecule has 0 fully saturated rings. The predicted molar refractivity (Wildman–Crippen MR) is 87.7 cm³/mol. The van der Waals surface area contributed by atoms with Crippen molar-refractivity contribution >= 4 is 23.7 Å². The summed E-state index contributed by atoms with van der Waals surface area (Å²) in [5.41, 5.74) is 0.961. The summed E-state index contributed by atoms with van der Waals surface area (Å²) in [6.07, 6.45) is -0.386. The number of carbonyl (C=O) groups is 3. The molecule has 2 atom stereocenters. The van der Waals surface area contributed by atoms with Crippen molar-refractivity contribution in [3.05, 3.63) is 29.8 Å². The first-order chi connectivity index (χ1) is 11.2. The lowest BCUT2D eigenvalue weighted by molar-refractivity contribution is -0.140. The number of carboxylic acids is 1. The molecule has 3 N–H and O–H groups in total. The number of rotatable bonds is 4. The molecule has 1 unspecified atom stereocenters. The van der Waals surface area contributed by atoms with Gasteiger partial charge >= 0.3 is 12.1 Å². The number of benzene rings is 1. The van der Waals surface area contributed by atoms with Crippen molar-refractivity contribution in [2.24, 2.45) is 5.92 Å². The highest BCUT2D eigenvalue weighted by molar-refractivity contribution is 5.96. The SMILES string of the molecule is CC(C)(C)OC(=O)N[C@@H](CC1Cc2ccccc2NC1=O)C(=O)O. The van der Waals surface area contributed by atoms with Crippen molar-refractivity contribution in [3.8, 4) is 0 Å². The highest BCUT2D eigenvalue weighted by Crippen LogP contribution is 2.27. The largest absolute Gasteiger partial charge is 0.480 e. The lowest BCUT2D eigenvalue weighted by Gasteiger charge is -2.27. The lowest BCUT2D eigenvalue weighted by Crippen LogP contribution is -2.46. The van der Waals surface area contributed by atoms with E-state index in [9.17, 15) is 19.5 Å². The van der Waals surface area contributed by atoms with Crippen molar-refractivity contribution in [2.45, 2.75) is 45.3 Å². The highest BCUT2D eigenvalue weighted by Gasteiger charge is 2.32. The van der Waals surface area contributed by atoms with Crippen LogP contribution in [-0.2, 0) is 20.7 Å². The van der Waals surface area contributed by atoms with Gasteiger partial charge in [-0.15, -0.1) is 0 Å². The van der Waals surface area contributed by atoms with Crippen molar-refractivity contribution < 1.29 is 24.2 Å². The zero-order valence-electron chi connectivity index (χ0n) is 14.0. The lowest BCUT2D eigenvalue weighted by atomic mass is 9.88. The average molecular weight is 334 g/mol. The molecule has 2 rings (SSSR count). The predicted octanol–water partition coefficient (Wildman–Crippen LogP) is 2.17. The fourth-order valence-corrected chi connectivity index (χ4v) is 2.56. The van der Waals surface area contributed by atoms with Crippen LogP contribution in [0.3, 0.4) is 0 Å². The van der Waals surface area contributed by atoms with Crippen molar-refractivity contribution in [1.29, 1.82) is 0 Å². The van der Waals surface area contributed by atoms with Gasteiger partial charge in [-0.05, 0) is 45.2 Å². The third-order valence-corrected chi connectivity index (χ3v) is 3.62. The number of ether oxygens (including phenoxy) is 1. The minimum atomic E-state index is -1.20. The molecule has 2 amide bonds. The van der Waals surface area contributed by atoms with E-state index in [1.165, 1.54) is 0 Å². The second-order valence-electron chi connectivity index (χ2n) is 6.82. The molecule has 7 heteroatoms. The van der Waals surface area contributed by atoms with Crippen molar-refractivity contribution in [3.63, 3.8) is 0 Å². The van der Waals surface area contributed by atoms with E-state index in [1.54, 1.807) is 26.8 Å². The summed E-state index contributed by atoms with van der Waals surface area (Å²) in [5, 5.41) is 14.4. The first kappa shape index (κ1) is 17.8. The Morgan fingerprint density at radius 3 is 2.67 bits per heavy atom. The molecule has 1 aromatic carbocycles. The molecule has 130 valence electrons. The van der Waals surface area contributed by atoms with E-state index >= 15 is 0 Å². The standard InChI is InChI=1S/C17H22N2O5/c1-17(2,3)24-16(23)19-13(15(21)22)9-11-8-10-6-4-5-7-12(10)18-14(11)20/h4-7,11,13H,8-9H2,1-3H3,(H,18,20)(H,19,23)(H,21,22)/t11?,13-/m0/s1. The topological polar surface area (TPSA) is 105 Å². The van der Waals surface area contributed by atoms with E-state index in [-0.39, 0.29) is 12.3 Å². The summed E-state index contributed by atoms with van der Waals surface area (Å²) in [6.45, 7) is 5.07. The molecule has 0 bridgehead atoms. The summed E-state index contributed by atoms with van der Waals surface area (Å²) in [4.78, 5) is 35.4. The van der Waals surface area contributed by atoms with Crippen LogP contribution in [0.15, 0.2) is 24.3 Å². The van der Waals surface area contributed by atoms with Crippen LogP contribution in [0, 0.1) is 5.92 Å². The van der Waals surface area contributed by atoms with Gasteiger partial charge in [0, 0.05) is 11.6 Å². The summed E-state index contributed by atoms with van der Waals surface area (Å²) in [7, 11) is 0. The number of alkyl carbamates (subject to hydrolysis) is 1. The summed E-state index contributed by atoms with van der Waals surface area (Å²) >= 11 is 0. The van der Waals surface area contributed by atoms with E-state index in [4.69, 9.17) is 4.74 Å². The number of hydrogen-bond donors (Lipinski definition) is 3. The van der Waals surface area contributed by atoms with Gasteiger partial charge in [-0.1, -0.05) is 18.2 Å². The highest BCUT2D eigenvalue weighted by atomic mass is 16.6. The Hall–Kier alpha value is -2.57. The Kier molecular flexibility index (Phi) is 5.11. The van der Waals surface area contributed by atoms with E-state index in [0.29, 0.717) is 6.42 Å². The minimum absolute atomic E-state index is 0.00521.